The largest absolute Gasteiger partial charge is 0.323 e. The molecule has 0 aromatic carbocycles. The van der Waals surface area contributed by atoms with Gasteiger partial charge in [-0.15, -0.1) is 0 Å². The molecule has 0 aliphatic carbocycles. The fraction of sp³-hybridized carbons (Fsp3) is 0.118. The first-order valence-electron chi connectivity index (χ1n) is 7.77. The molecule has 0 amide bonds. The van der Waals surface area contributed by atoms with E-state index in [4.69, 9.17) is 11.6 Å². The summed E-state index contributed by atoms with van der Waals surface area (Å²) in [5.41, 5.74) is 2.52. The summed E-state index contributed by atoms with van der Waals surface area (Å²) in [7, 11) is 0. The molecule has 0 N–H and O–H groups in total. The highest BCUT2D eigenvalue weighted by Crippen LogP contribution is 2.31. The average molecular weight is 386 g/mol. The maximum absolute atomic E-state index is 13.1. The average Bonchev–Trinajstić information content (AvgIpc) is 3.24. The van der Waals surface area contributed by atoms with Crippen LogP contribution in [0.5, 0.6) is 0 Å². The number of rotatable bonds is 4. The van der Waals surface area contributed by atoms with Crippen LogP contribution in [0.15, 0.2) is 43.0 Å². The van der Waals surface area contributed by atoms with Gasteiger partial charge in [-0.2, -0.15) is 10.4 Å². The van der Waals surface area contributed by atoms with Gasteiger partial charge in [-0.05, 0) is 24.3 Å². The van der Waals surface area contributed by atoms with E-state index in [2.05, 4.69) is 20.1 Å². The van der Waals surface area contributed by atoms with Crippen molar-refractivity contribution >= 4 is 17.2 Å². The lowest BCUT2D eigenvalue weighted by atomic mass is 10.1. The van der Waals surface area contributed by atoms with E-state index >= 15 is 0 Å². The third kappa shape index (κ3) is 3.11. The van der Waals surface area contributed by atoms with Crippen molar-refractivity contribution in [3.05, 3.63) is 53.8 Å². The molecule has 0 aliphatic heterocycles. The molecule has 0 bridgehead atoms. The van der Waals surface area contributed by atoms with Crippen molar-refractivity contribution in [2.45, 2.75) is 13.0 Å². The Morgan fingerprint density at radius 3 is 2.78 bits per heavy atom. The number of halogens is 3. The minimum absolute atomic E-state index is 0.236. The molecule has 0 saturated carbocycles. The van der Waals surface area contributed by atoms with E-state index < -0.39 is 13.0 Å². The normalized spacial score (nSPS) is 11.2. The van der Waals surface area contributed by atoms with Gasteiger partial charge in [-0.3, -0.25) is 0 Å². The van der Waals surface area contributed by atoms with E-state index in [9.17, 15) is 14.0 Å². The Bertz CT molecular complexity index is 1180. The Kier molecular flexibility index (Phi) is 4.25. The summed E-state index contributed by atoms with van der Waals surface area (Å²) >= 11 is 5.96. The molecule has 0 saturated heterocycles. The summed E-state index contributed by atoms with van der Waals surface area (Å²) in [5.74, 6) is 0. The third-order valence-corrected chi connectivity index (χ3v) is 4.10. The molecule has 134 valence electrons. The van der Waals surface area contributed by atoms with E-state index in [0.29, 0.717) is 28.3 Å². The zero-order valence-corrected chi connectivity index (χ0v) is 14.3. The summed E-state index contributed by atoms with van der Waals surface area (Å²) in [6.07, 6.45) is 1.66. The number of pyridine rings is 1. The number of nitriles is 1. The Balaban J connectivity index is 1.95. The van der Waals surface area contributed by atoms with Gasteiger partial charge in [-0.25, -0.2) is 28.2 Å². The van der Waals surface area contributed by atoms with E-state index in [1.165, 1.54) is 27.8 Å². The predicted molar refractivity (Wildman–Crippen MR) is 93.2 cm³/mol. The number of hydrogen-bond acceptors (Lipinski definition) is 5. The van der Waals surface area contributed by atoms with Gasteiger partial charge in [0.05, 0.1) is 30.5 Å². The molecule has 10 heteroatoms. The van der Waals surface area contributed by atoms with Crippen LogP contribution in [0, 0.1) is 11.3 Å². The first-order chi connectivity index (χ1) is 13.1. The van der Waals surface area contributed by atoms with Gasteiger partial charge in [-0.1, -0.05) is 11.6 Å². The molecular weight excluding hydrogens is 376 g/mol. The molecule has 0 radical (unpaired) electrons. The fourth-order valence-corrected chi connectivity index (χ4v) is 2.95. The smallest absolute Gasteiger partial charge is 0.256 e. The topological polar surface area (TPSA) is 84.7 Å². The summed E-state index contributed by atoms with van der Waals surface area (Å²) in [6.45, 7) is -0.546. The summed E-state index contributed by atoms with van der Waals surface area (Å²) < 4.78 is 28.8. The number of aromatic nitrogens is 6. The Morgan fingerprint density at radius 1 is 1.19 bits per heavy atom. The minimum Gasteiger partial charge on any atom is -0.323 e. The van der Waals surface area contributed by atoms with Crippen molar-refractivity contribution < 1.29 is 8.78 Å². The monoisotopic (exact) mass is 385 g/mol. The number of nitrogens with zero attached hydrogens (tertiary/aromatic N) is 7. The highest BCUT2D eigenvalue weighted by molar-refractivity contribution is 6.29. The SMILES string of the molecule is N#Cc1cnc2ccc(-c3c(-c4ccnc(Cl)c4)ncn3CC(F)F)nn12. The van der Waals surface area contributed by atoms with Crippen LogP contribution in [0.25, 0.3) is 28.3 Å². The summed E-state index contributed by atoms with van der Waals surface area (Å²) in [5, 5.41) is 13.9. The quantitative estimate of drug-likeness (QED) is 0.502. The van der Waals surface area contributed by atoms with Crippen molar-refractivity contribution in [3.8, 4) is 28.7 Å². The van der Waals surface area contributed by atoms with Gasteiger partial charge >= 0.3 is 0 Å². The van der Waals surface area contributed by atoms with Gasteiger partial charge in [0.1, 0.15) is 16.9 Å². The molecular formula is C17H10ClF2N7. The molecule has 4 aromatic heterocycles. The number of hydrogen-bond donors (Lipinski definition) is 0. The second-order valence-electron chi connectivity index (χ2n) is 5.60. The van der Waals surface area contributed by atoms with Gasteiger partial charge in [0.2, 0.25) is 0 Å². The molecule has 4 aromatic rings. The fourth-order valence-electron chi connectivity index (χ4n) is 2.77. The van der Waals surface area contributed by atoms with Crippen LogP contribution >= 0.6 is 11.6 Å². The first kappa shape index (κ1) is 17.1. The molecule has 4 heterocycles. The predicted octanol–water partition coefficient (Wildman–Crippen LogP) is 3.44. The third-order valence-electron chi connectivity index (χ3n) is 3.89. The molecule has 27 heavy (non-hydrogen) atoms. The lowest BCUT2D eigenvalue weighted by molar-refractivity contribution is 0.127. The number of imidazole rings is 2. The zero-order chi connectivity index (χ0) is 19.0. The second kappa shape index (κ2) is 6.74. The Hall–Kier alpha value is -3.38. The van der Waals surface area contributed by atoms with Crippen LogP contribution in [0.4, 0.5) is 8.78 Å². The zero-order valence-electron chi connectivity index (χ0n) is 13.6. The standard InChI is InChI=1S/C17H10ClF2N7/c18-13-5-10(3-4-22-13)16-17(26(9-24-16)8-14(19)20)12-1-2-15-23-7-11(6-21)27(15)25-12/h1-5,7,9,14H,8H2. The van der Waals surface area contributed by atoms with E-state index in [1.807, 2.05) is 6.07 Å². The van der Waals surface area contributed by atoms with Gasteiger partial charge < -0.3 is 4.57 Å². The highest BCUT2D eigenvalue weighted by Gasteiger charge is 2.20. The van der Waals surface area contributed by atoms with Crippen LogP contribution in [0.3, 0.4) is 0 Å². The van der Waals surface area contributed by atoms with Crippen LogP contribution in [0.2, 0.25) is 5.15 Å². The van der Waals surface area contributed by atoms with E-state index in [1.54, 1.807) is 24.3 Å². The first-order valence-corrected chi connectivity index (χ1v) is 8.15. The van der Waals surface area contributed by atoms with Crippen LogP contribution in [-0.2, 0) is 6.54 Å². The maximum Gasteiger partial charge on any atom is 0.256 e. The Labute approximate surface area is 156 Å². The molecule has 0 unspecified atom stereocenters. The van der Waals surface area contributed by atoms with Crippen molar-refractivity contribution in [2.24, 2.45) is 0 Å². The lowest BCUT2D eigenvalue weighted by Gasteiger charge is -2.10. The molecule has 0 spiro atoms. The number of fused-ring (bicyclic) bond motifs is 1. The van der Waals surface area contributed by atoms with Gasteiger partial charge in [0, 0.05) is 11.8 Å². The molecule has 7 nitrogen and oxygen atoms in total. The lowest BCUT2D eigenvalue weighted by Crippen LogP contribution is -2.08. The summed E-state index contributed by atoms with van der Waals surface area (Å²) in [6, 6.07) is 8.57. The molecule has 4 rings (SSSR count). The van der Waals surface area contributed by atoms with Crippen molar-refractivity contribution in [3.63, 3.8) is 0 Å². The number of alkyl halides is 2. The molecule has 0 atom stereocenters. The second-order valence-corrected chi connectivity index (χ2v) is 5.98. The van der Waals surface area contributed by atoms with Gasteiger partial charge in [0.15, 0.2) is 11.3 Å². The van der Waals surface area contributed by atoms with E-state index in [0.717, 1.165) is 0 Å². The van der Waals surface area contributed by atoms with Crippen molar-refractivity contribution in [2.75, 3.05) is 0 Å². The van der Waals surface area contributed by atoms with Crippen LogP contribution < -0.4 is 0 Å². The summed E-state index contributed by atoms with van der Waals surface area (Å²) in [4.78, 5) is 12.3. The maximum atomic E-state index is 13.1. The minimum atomic E-state index is -2.57. The van der Waals surface area contributed by atoms with Crippen molar-refractivity contribution in [1.82, 2.24) is 29.1 Å². The van der Waals surface area contributed by atoms with Crippen LogP contribution in [-0.4, -0.2) is 35.6 Å². The molecule has 0 fully saturated rings. The van der Waals surface area contributed by atoms with Crippen molar-refractivity contribution in [1.29, 1.82) is 5.26 Å². The van der Waals surface area contributed by atoms with E-state index in [-0.39, 0.29) is 10.8 Å². The highest BCUT2D eigenvalue weighted by atomic mass is 35.5. The Morgan fingerprint density at radius 2 is 2.04 bits per heavy atom. The van der Waals surface area contributed by atoms with Crippen LogP contribution in [0.1, 0.15) is 5.69 Å². The molecule has 0 aliphatic rings. The van der Waals surface area contributed by atoms with Gasteiger partial charge in [0.25, 0.3) is 6.43 Å².